The molecule has 0 aromatic heterocycles. The average Bonchev–Trinajstić information content (AvgIpc) is 2.85. The van der Waals surface area contributed by atoms with Crippen molar-refractivity contribution in [1.29, 1.82) is 0 Å². The van der Waals surface area contributed by atoms with Gasteiger partial charge in [-0.2, -0.15) is 4.99 Å². The number of fused-ring (bicyclic) bond motifs is 1. The van der Waals surface area contributed by atoms with Crippen LogP contribution in [0.3, 0.4) is 0 Å². The van der Waals surface area contributed by atoms with E-state index in [1.807, 2.05) is 30.3 Å². The predicted octanol–water partition coefficient (Wildman–Crippen LogP) is 1.19. The van der Waals surface area contributed by atoms with E-state index in [9.17, 15) is 4.79 Å². The molecule has 1 aromatic rings. The lowest BCUT2D eigenvalue weighted by molar-refractivity contribution is 0.253. The van der Waals surface area contributed by atoms with Crippen molar-refractivity contribution in [3.8, 4) is 0 Å². The van der Waals surface area contributed by atoms with Crippen LogP contribution >= 0.6 is 0 Å². The fourth-order valence-electron chi connectivity index (χ4n) is 1.66. The molecule has 6 nitrogen and oxygen atoms in total. The van der Waals surface area contributed by atoms with Gasteiger partial charge in [0.1, 0.15) is 6.34 Å². The highest BCUT2D eigenvalue weighted by atomic mass is 16.2. The summed E-state index contributed by atoms with van der Waals surface area (Å²) < 4.78 is 0. The van der Waals surface area contributed by atoms with Crippen molar-refractivity contribution in [2.45, 2.75) is 6.54 Å². The highest BCUT2D eigenvalue weighted by Gasteiger charge is 2.26. The lowest BCUT2D eigenvalue weighted by Gasteiger charge is -2.11. The number of nitrogens with zero attached hydrogens (tertiary/aromatic N) is 4. The smallest absolute Gasteiger partial charge is 0.289 e. The lowest BCUT2D eigenvalue weighted by Crippen LogP contribution is -2.42. The summed E-state index contributed by atoms with van der Waals surface area (Å²) in [7, 11) is 0. The molecular formula is C12H9N5O. The molecule has 0 spiro atoms. The van der Waals surface area contributed by atoms with Crippen molar-refractivity contribution in [3.63, 3.8) is 0 Å². The fourth-order valence-corrected chi connectivity index (χ4v) is 1.66. The molecule has 18 heavy (non-hydrogen) atoms. The van der Waals surface area contributed by atoms with Crippen molar-refractivity contribution in [1.82, 2.24) is 5.32 Å². The molecular weight excluding hydrogens is 230 g/mol. The predicted molar refractivity (Wildman–Crippen MR) is 69.5 cm³/mol. The Balaban J connectivity index is 1.85. The molecule has 0 radical (unpaired) electrons. The van der Waals surface area contributed by atoms with Crippen molar-refractivity contribution in [2.75, 3.05) is 0 Å². The van der Waals surface area contributed by atoms with Gasteiger partial charge in [0.15, 0.2) is 17.4 Å². The van der Waals surface area contributed by atoms with E-state index in [1.54, 1.807) is 0 Å². The van der Waals surface area contributed by atoms with E-state index in [4.69, 9.17) is 0 Å². The molecule has 0 fully saturated rings. The van der Waals surface area contributed by atoms with Crippen LogP contribution in [0, 0.1) is 0 Å². The Morgan fingerprint density at radius 3 is 2.89 bits per heavy atom. The summed E-state index contributed by atoms with van der Waals surface area (Å²) in [5.74, 6) is 0.747. The van der Waals surface area contributed by atoms with Crippen molar-refractivity contribution < 1.29 is 4.79 Å². The Morgan fingerprint density at radius 2 is 2.06 bits per heavy atom. The maximum absolute atomic E-state index is 11.3. The Morgan fingerprint density at radius 1 is 1.22 bits per heavy atom. The Bertz CT molecular complexity index is 613. The van der Waals surface area contributed by atoms with Crippen LogP contribution in [0.15, 0.2) is 50.3 Å². The van der Waals surface area contributed by atoms with E-state index in [1.165, 1.54) is 6.34 Å². The Kier molecular flexibility index (Phi) is 2.53. The van der Waals surface area contributed by atoms with Crippen molar-refractivity contribution in [3.05, 3.63) is 35.9 Å². The second kappa shape index (κ2) is 4.33. The normalized spacial score (nSPS) is 19.3. The van der Waals surface area contributed by atoms with Crippen molar-refractivity contribution >= 4 is 29.8 Å². The summed E-state index contributed by atoms with van der Waals surface area (Å²) in [6.07, 6.45) is 1.37. The highest BCUT2D eigenvalue weighted by molar-refractivity contribution is 6.72. The van der Waals surface area contributed by atoms with Crippen LogP contribution in [0.4, 0.5) is 4.79 Å². The van der Waals surface area contributed by atoms with E-state index in [0.717, 1.165) is 5.56 Å². The number of hydrogen-bond donors (Lipinski definition) is 1. The number of carbonyl (C=O) groups excluding carboxylic acids is 1. The summed E-state index contributed by atoms with van der Waals surface area (Å²) in [6.45, 7) is 0.475. The van der Waals surface area contributed by atoms with Crippen LogP contribution in [-0.4, -0.2) is 29.8 Å². The summed E-state index contributed by atoms with van der Waals surface area (Å²) >= 11 is 0. The summed E-state index contributed by atoms with van der Waals surface area (Å²) in [5, 5.41) is 2.57. The first-order valence-corrected chi connectivity index (χ1v) is 5.42. The number of amidine groups is 2. The number of aliphatic imine (C=N–C) groups is 4. The molecule has 2 heterocycles. The first kappa shape index (κ1) is 10.5. The van der Waals surface area contributed by atoms with Crippen molar-refractivity contribution in [2.24, 2.45) is 20.0 Å². The fraction of sp³-hybridized carbons (Fsp3) is 0.0833. The standard InChI is InChI=1S/C12H9N5O/c18-12-16-10(9-11(17-12)15-7-14-9)13-6-8-4-2-1-3-5-8/h1-5,7H,6H2,(H,13,16,18). The van der Waals surface area contributed by atoms with Gasteiger partial charge in [0, 0.05) is 0 Å². The van der Waals surface area contributed by atoms with Gasteiger partial charge in [-0.1, -0.05) is 30.3 Å². The third-order valence-corrected chi connectivity index (χ3v) is 2.50. The van der Waals surface area contributed by atoms with Crippen LogP contribution in [0.5, 0.6) is 0 Å². The zero-order valence-electron chi connectivity index (χ0n) is 9.37. The van der Waals surface area contributed by atoms with E-state index >= 15 is 0 Å². The molecule has 0 saturated heterocycles. The van der Waals surface area contributed by atoms with Crippen LogP contribution in [-0.2, 0) is 6.54 Å². The van der Waals surface area contributed by atoms with Gasteiger partial charge in [-0.05, 0) is 5.56 Å². The molecule has 88 valence electrons. The van der Waals surface area contributed by atoms with Crippen LogP contribution in [0.25, 0.3) is 0 Å². The molecule has 2 aliphatic heterocycles. The lowest BCUT2D eigenvalue weighted by atomic mass is 10.2. The van der Waals surface area contributed by atoms with Crippen LogP contribution in [0.2, 0.25) is 0 Å². The van der Waals surface area contributed by atoms with Gasteiger partial charge in [-0.15, -0.1) is 0 Å². The number of hydrogen-bond acceptors (Lipinski definition) is 4. The zero-order chi connectivity index (χ0) is 12.4. The Labute approximate surface area is 103 Å². The van der Waals surface area contributed by atoms with Gasteiger partial charge < -0.3 is 0 Å². The van der Waals surface area contributed by atoms with Gasteiger partial charge in [0.25, 0.3) is 0 Å². The van der Waals surface area contributed by atoms with Gasteiger partial charge in [-0.25, -0.2) is 14.8 Å². The third kappa shape index (κ3) is 1.95. The number of amides is 2. The number of nitrogens with one attached hydrogen (secondary N) is 1. The molecule has 0 aliphatic carbocycles. The molecule has 1 N–H and O–H groups in total. The largest absolute Gasteiger partial charge is 0.348 e. The number of benzene rings is 1. The second-order valence-corrected chi connectivity index (χ2v) is 3.74. The van der Waals surface area contributed by atoms with Gasteiger partial charge in [-0.3, -0.25) is 10.3 Å². The first-order chi connectivity index (χ1) is 8.83. The molecule has 0 unspecified atom stereocenters. The molecule has 0 saturated carbocycles. The minimum absolute atomic E-state index is 0.325. The monoisotopic (exact) mass is 239 g/mol. The molecule has 2 amide bonds. The SMILES string of the molecule is O=C1N=C2N=CN=C2C(=NCc2ccccc2)N1. The Hall–Kier alpha value is -2.63. The van der Waals surface area contributed by atoms with Gasteiger partial charge in [0.2, 0.25) is 0 Å². The summed E-state index contributed by atoms with van der Waals surface area (Å²) in [4.78, 5) is 27.3. The number of carbonyl (C=O) groups is 1. The quantitative estimate of drug-likeness (QED) is 0.826. The average molecular weight is 239 g/mol. The zero-order valence-corrected chi connectivity index (χ0v) is 9.37. The number of urea groups is 1. The van der Waals surface area contributed by atoms with Gasteiger partial charge in [0.05, 0.1) is 6.54 Å². The van der Waals surface area contributed by atoms with E-state index in [0.29, 0.717) is 23.9 Å². The minimum atomic E-state index is -0.463. The summed E-state index contributed by atoms with van der Waals surface area (Å²) in [5.41, 5.74) is 1.58. The summed E-state index contributed by atoms with van der Waals surface area (Å²) in [6, 6.07) is 9.30. The second-order valence-electron chi connectivity index (χ2n) is 3.74. The van der Waals surface area contributed by atoms with Crippen LogP contribution in [0.1, 0.15) is 5.56 Å². The maximum Gasteiger partial charge on any atom is 0.348 e. The van der Waals surface area contributed by atoms with Gasteiger partial charge >= 0.3 is 6.03 Å². The van der Waals surface area contributed by atoms with Crippen LogP contribution < -0.4 is 5.32 Å². The maximum atomic E-state index is 11.3. The topological polar surface area (TPSA) is 78.5 Å². The molecule has 3 rings (SSSR count). The molecule has 0 bridgehead atoms. The first-order valence-electron chi connectivity index (χ1n) is 5.42. The highest BCUT2D eigenvalue weighted by Crippen LogP contribution is 2.05. The molecule has 2 aliphatic rings. The number of rotatable bonds is 2. The molecule has 1 aromatic carbocycles. The van der Waals surface area contributed by atoms with E-state index in [-0.39, 0.29) is 0 Å². The third-order valence-electron chi connectivity index (χ3n) is 2.50. The minimum Gasteiger partial charge on any atom is -0.289 e. The van der Waals surface area contributed by atoms with E-state index in [2.05, 4.69) is 25.3 Å². The van der Waals surface area contributed by atoms with E-state index < -0.39 is 6.03 Å². The molecule has 6 heteroatoms. The molecule has 0 atom stereocenters.